The van der Waals surface area contributed by atoms with Crippen molar-refractivity contribution in [1.29, 1.82) is 0 Å². The molecule has 0 aliphatic carbocycles. The van der Waals surface area contributed by atoms with Crippen LogP contribution >= 0.6 is 11.6 Å². The van der Waals surface area contributed by atoms with Crippen molar-refractivity contribution < 1.29 is 4.79 Å². The fourth-order valence-electron chi connectivity index (χ4n) is 2.67. The molecule has 1 aliphatic heterocycles. The summed E-state index contributed by atoms with van der Waals surface area (Å²) in [6, 6.07) is 8.12. The van der Waals surface area contributed by atoms with E-state index in [4.69, 9.17) is 11.6 Å². The molecule has 2 atom stereocenters. The summed E-state index contributed by atoms with van der Waals surface area (Å²) >= 11 is 6.06. The van der Waals surface area contributed by atoms with Gasteiger partial charge in [0.25, 0.3) is 0 Å². The lowest BCUT2D eigenvalue weighted by molar-refractivity contribution is -0.126. The summed E-state index contributed by atoms with van der Waals surface area (Å²) in [7, 11) is 0. The van der Waals surface area contributed by atoms with Gasteiger partial charge in [-0.05, 0) is 38.5 Å². The first-order valence-corrected chi connectivity index (χ1v) is 8.44. The van der Waals surface area contributed by atoms with Crippen LogP contribution in [0, 0.1) is 0 Å². The van der Waals surface area contributed by atoms with E-state index in [9.17, 15) is 4.79 Å². The molecule has 0 saturated carbocycles. The van der Waals surface area contributed by atoms with Gasteiger partial charge in [0, 0.05) is 42.9 Å². The molecule has 0 unspecified atom stereocenters. The van der Waals surface area contributed by atoms with Gasteiger partial charge >= 0.3 is 0 Å². The van der Waals surface area contributed by atoms with Gasteiger partial charge in [-0.15, -0.1) is 0 Å². The fourth-order valence-corrected chi connectivity index (χ4v) is 2.86. The maximum Gasteiger partial charge on any atom is 0.237 e. The summed E-state index contributed by atoms with van der Waals surface area (Å²) in [5.74, 6) is 0.130. The first-order valence-electron chi connectivity index (χ1n) is 8.06. The van der Waals surface area contributed by atoms with Crippen molar-refractivity contribution in [2.45, 2.75) is 39.3 Å². The van der Waals surface area contributed by atoms with Crippen molar-refractivity contribution in [2.24, 2.45) is 0 Å². The normalized spacial score (nSPS) is 18.8. The number of carbonyl (C=O) groups is 1. The number of anilines is 1. The van der Waals surface area contributed by atoms with Crippen LogP contribution in [0.3, 0.4) is 0 Å². The molecule has 5 heteroatoms. The summed E-state index contributed by atoms with van der Waals surface area (Å²) < 4.78 is 0. The topological polar surface area (TPSA) is 35.6 Å². The Balaban J connectivity index is 1.87. The van der Waals surface area contributed by atoms with E-state index in [1.807, 2.05) is 32.0 Å². The van der Waals surface area contributed by atoms with E-state index in [0.29, 0.717) is 0 Å². The summed E-state index contributed by atoms with van der Waals surface area (Å²) in [5.41, 5.74) is 1.16. The Labute approximate surface area is 138 Å². The highest BCUT2D eigenvalue weighted by Gasteiger charge is 2.26. The lowest BCUT2D eigenvalue weighted by atomic mass is 10.1. The second-order valence-corrected chi connectivity index (χ2v) is 6.43. The summed E-state index contributed by atoms with van der Waals surface area (Å²) in [4.78, 5) is 16.8. The molecule has 122 valence electrons. The molecule has 1 aliphatic rings. The summed E-state index contributed by atoms with van der Waals surface area (Å²) in [6.07, 6.45) is 0.959. The molecule has 1 amide bonds. The Morgan fingerprint density at radius 1 is 1.27 bits per heavy atom. The van der Waals surface area contributed by atoms with Crippen LogP contribution in [0.2, 0.25) is 5.02 Å². The predicted molar refractivity (Wildman–Crippen MR) is 92.6 cm³/mol. The number of halogens is 1. The van der Waals surface area contributed by atoms with E-state index >= 15 is 0 Å². The van der Waals surface area contributed by atoms with E-state index in [-0.39, 0.29) is 18.0 Å². The van der Waals surface area contributed by atoms with Gasteiger partial charge in [-0.2, -0.15) is 0 Å². The number of hydrogen-bond acceptors (Lipinski definition) is 3. The Kier molecular flexibility index (Phi) is 6.09. The Morgan fingerprint density at radius 3 is 2.55 bits per heavy atom. The first-order chi connectivity index (χ1) is 10.5. The quantitative estimate of drug-likeness (QED) is 0.905. The molecule has 0 spiro atoms. The van der Waals surface area contributed by atoms with Crippen molar-refractivity contribution >= 4 is 23.2 Å². The van der Waals surface area contributed by atoms with Crippen LogP contribution in [0.15, 0.2) is 24.3 Å². The number of hydrogen-bond donors (Lipinski definition) is 1. The Morgan fingerprint density at radius 2 is 1.95 bits per heavy atom. The fraction of sp³-hybridized carbons (Fsp3) is 0.588. The molecule has 1 fully saturated rings. The van der Waals surface area contributed by atoms with E-state index in [2.05, 4.69) is 28.1 Å². The van der Waals surface area contributed by atoms with E-state index in [1.165, 1.54) is 0 Å². The van der Waals surface area contributed by atoms with Gasteiger partial charge in [0.05, 0.1) is 6.04 Å². The minimum atomic E-state index is -0.0736. The van der Waals surface area contributed by atoms with E-state index in [1.54, 1.807) is 0 Å². The van der Waals surface area contributed by atoms with Crippen LogP contribution in [0.1, 0.15) is 27.2 Å². The lowest BCUT2D eigenvalue weighted by Gasteiger charge is -2.38. The monoisotopic (exact) mass is 323 g/mol. The maximum atomic E-state index is 12.2. The summed E-state index contributed by atoms with van der Waals surface area (Å²) in [6.45, 7) is 9.74. The third kappa shape index (κ3) is 4.37. The SMILES string of the molecule is CC[C@@H](C)NC(=O)[C@@H](C)N1CCN(c2cccc(Cl)c2)CC1. The molecule has 0 bridgehead atoms. The minimum absolute atomic E-state index is 0.0736. The number of piperazine rings is 1. The van der Waals surface area contributed by atoms with Crippen molar-refractivity contribution in [3.8, 4) is 0 Å². The van der Waals surface area contributed by atoms with Gasteiger partial charge < -0.3 is 10.2 Å². The smallest absolute Gasteiger partial charge is 0.237 e. The van der Waals surface area contributed by atoms with Crippen LogP contribution in [0.25, 0.3) is 0 Å². The summed E-state index contributed by atoms with van der Waals surface area (Å²) in [5, 5.41) is 3.83. The number of carbonyl (C=O) groups excluding carboxylic acids is 1. The zero-order valence-corrected chi connectivity index (χ0v) is 14.4. The number of rotatable bonds is 5. The number of nitrogens with zero attached hydrogens (tertiary/aromatic N) is 2. The number of amides is 1. The first kappa shape index (κ1) is 17.1. The highest BCUT2D eigenvalue weighted by atomic mass is 35.5. The van der Waals surface area contributed by atoms with Gasteiger partial charge in [-0.1, -0.05) is 24.6 Å². The van der Waals surface area contributed by atoms with Crippen molar-refractivity contribution in [2.75, 3.05) is 31.1 Å². The highest BCUT2D eigenvalue weighted by Crippen LogP contribution is 2.21. The van der Waals surface area contributed by atoms with Crippen LogP contribution in [-0.2, 0) is 4.79 Å². The van der Waals surface area contributed by atoms with Gasteiger partial charge in [0.2, 0.25) is 5.91 Å². The molecule has 22 heavy (non-hydrogen) atoms. The van der Waals surface area contributed by atoms with Gasteiger partial charge in [-0.3, -0.25) is 9.69 Å². The van der Waals surface area contributed by atoms with Crippen molar-refractivity contribution in [1.82, 2.24) is 10.2 Å². The average Bonchev–Trinajstić information content (AvgIpc) is 2.54. The second kappa shape index (κ2) is 7.84. The molecule has 4 nitrogen and oxygen atoms in total. The number of benzene rings is 1. The third-order valence-electron chi connectivity index (χ3n) is 4.42. The minimum Gasteiger partial charge on any atom is -0.369 e. The van der Waals surface area contributed by atoms with E-state index < -0.39 is 0 Å². The van der Waals surface area contributed by atoms with Gasteiger partial charge in [0.15, 0.2) is 0 Å². The molecular weight excluding hydrogens is 298 g/mol. The highest BCUT2D eigenvalue weighted by molar-refractivity contribution is 6.30. The molecule has 0 aromatic heterocycles. The Hall–Kier alpha value is -1.26. The molecule has 1 aromatic carbocycles. The van der Waals surface area contributed by atoms with Crippen LogP contribution in [-0.4, -0.2) is 49.1 Å². The predicted octanol–water partition coefficient (Wildman–Crippen LogP) is 2.77. The lowest BCUT2D eigenvalue weighted by Crippen LogP contribution is -2.54. The van der Waals surface area contributed by atoms with Crippen LogP contribution in [0.5, 0.6) is 0 Å². The zero-order chi connectivity index (χ0) is 16.1. The second-order valence-electron chi connectivity index (χ2n) is 6.00. The molecule has 1 N–H and O–H groups in total. The Bertz CT molecular complexity index is 500. The van der Waals surface area contributed by atoms with Crippen LogP contribution < -0.4 is 10.2 Å². The molecule has 1 aromatic rings. The van der Waals surface area contributed by atoms with Crippen molar-refractivity contribution in [3.63, 3.8) is 0 Å². The van der Waals surface area contributed by atoms with Crippen molar-refractivity contribution in [3.05, 3.63) is 29.3 Å². The average molecular weight is 324 g/mol. The zero-order valence-electron chi connectivity index (χ0n) is 13.7. The third-order valence-corrected chi connectivity index (χ3v) is 4.65. The van der Waals surface area contributed by atoms with Gasteiger partial charge in [-0.25, -0.2) is 0 Å². The van der Waals surface area contributed by atoms with Gasteiger partial charge in [0.1, 0.15) is 0 Å². The molecule has 1 heterocycles. The molecule has 2 rings (SSSR count). The molecule has 0 radical (unpaired) electrons. The van der Waals surface area contributed by atoms with E-state index in [0.717, 1.165) is 43.3 Å². The molecule has 1 saturated heterocycles. The molecular formula is C17H26ClN3O. The standard InChI is InChI=1S/C17H26ClN3O/c1-4-13(2)19-17(22)14(3)20-8-10-21(11-9-20)16-7-5-6-15(18)12-16/h5-7,12-14H,4,8-11H2,1-3H3,(H,19,22)/t13-,14-/m1/s1. The van der Waals surface area contributed by atoms with Crippen LogP contribution in [0.4, 0.5) is 5.69 Å². The largest absolute Gasteiger partial charge is 0.369 e. The maximum absolute atomic E-state index is 12.2. The number of nitrogens with one attached hydrogen (secondary N) is 1.